The summed E-state index contributed by atoms with van der Waals surface area (Å²) in [6.45, 7) is 8.40. The second-order valence-corrected chi connectivity index (χ2v) is 8.15. The summed E-state index contributed by atoms with van der Waals surface area (Å²) in [5, 5.41) is 2.63. The van der Waals surface area contributed by atoms with E-state index < -0.39 is 6.04 Å². The number of nitrogens with one attached hydrogen (secondary N) is 1. The molecular formula is C24H32N2O3. The molecule has 1 unspecified atom stereocenters. The van der Waals surface area contributed by atoms with E-state index >= 15 is 0 Å². The number of rotatable bonds is 8. The molecule has 1 atom stereocenters. The molecule has 156 valence electrons. The van der Waals surface area contributed by atoms with Crippen LogP contribution >= 0.6 is 0 Å². The van der Waals surface area contributed by atoms with Gasteiger partial charge in [-0.2, -0.15) is 0 Å². The number of ether oxygens (including phenoxy) is 1. The molecule has 0 spiro atoms. The third-order valence-electron chi connectivity index (χ3n) is 4.94. The fourth-order valence-electron chi connectivity index (χ4n) is 3.21. The molecule has 5 heteroatoms. The summed E-state index contributed by atoms with van der Waals surface area (Å²) in [5.74, 6) is 0.297. The SMILES string of the molecule is CNC(=O)C(C)N(CCc1ccccc1)C(=O)COc1ccccc1C(C)(C)C. The van der Waals surface area contributed by atoms with Crippen LogP contribution in [0.5, 0.6) is 5.75 Å². The van der Waals surface area contributed by atoms with Gasteiger partial charge in [0.1, 0.15) is 11.8 Å². The van der Waals surface area contributed by atoms with E-state index in [1.165, 1.54) is 0 Å². The third-order valence-corrected chi connectivity index (χ3v) is 4.94. The van der Waals surface area contributed by atoms with Crippen molar-refractivity contribution in [2.75, 3.05) is 20.2 Å². The van der Waals surface area contributed by atoms with E-state index in [9.17, 15) is 9.59 Å². The molecule has 2 rings (SSSR count). The van der Waals surface area contributed by atoms with E-state index in [-0.39, 0.29) is 23.8 Å². The number of likely N-dealkylation sites (N-methyl/N-ethyl adjacent to an activating group) is 1. The highest BCUT2D eigenvalue weighted by Crippen LogP contribution is 2.30. The molecule has 0 aliphatic heterocycles. The lowest BCUT2D eigenvalue weighted by Crippen LogP contribution is -2.49. The Kier molecular flexibility index (Phi) is 7.82. The van der Waals surface area contributed by atoms with Gasteiger partial charge < -0.3 is 15.0 Å². The van der Waals surface area contributed by atoms with Gasteiger partial charge in [-0.05, 0) is 36.0 Å². The molecule has 0 heterocycles. The standard InChI is InChI=1S/C24H32N2O3/c1-18(23(28)25-5)26(16-15-19-11-7-6-8-12-19)22(27)17-29-21-14-10-9-13-20(21)24(2,3)4/h6-14,18H,15-17H2,1-5H3,(H,25,28). The second-order valence-electron chi connectivity index (χ2n) is 8.15. The van der Waals surface area contributed by atoms with Gasteiger partial charge in [0.2, 0.25) is 5.91 Å². The summed E-state index contributed by atoms with van der Waals surface area (Å²) in [6, 6.07) is 17.1. The number of hydrogen-bond donors (Lipinski definition) is 1. The van der Waals surface area contributed by atoms with Gasteiger partial charge in [-0.1, -0.05) is 69.3 Å². The maximum atomic E-state index is 13.0. The van der Waals surface area contributed by atoms with Crippen LogP contribution in [0.2, 0.25) is 0 Å². The molecule has 0 bridgehead atoms. The molecule has 2 aromatic rings. The molecule has 1 N–H and O–H groups in total. The van der Waals surface area contributed by atoms with Gasteiger partial charge in [0.05, 0.1) is 0 Å². The number of carbonyl (C=O) groups is 2. The van der Waals surface area contributed by atoms with Crippen LogP contribution in [0.3, 0.4) is 0 Å². The quantitative estimate of drug-likeness (QED) is 0.742. The molecule has 0 radical (unpaired) electrons. The molecule has 0 saturated heterocycles. The van der Waals surface area contributed by atoms with Crippen molar-refractivity contribution < 1.29 is 14.3 Å². The van der Waals surface area contributed by atoms with Crippen LogP contribution < -0.4 is 10.1 Å². The molecule has 0 fully saturated rings. The molecular weight excluding hydrogens is 364 g/mol. The van der Waals surface area contributed by atoms with Gasteiger partial charge in [-0.3, -0.25) is 9.59 Å². The van der Waals surface area contributed by atoms with Crippen molar-refractivity contribution in [3.63, 3.8) is 0 Å². The van der Waals surface area contributed by atoms with E-state index in [4.69, 9.17) is 4.74 Å². The Morgan fingerprint density at radius 3 is 2.28 bits per heavy atom. The van der Waals surface area contributed by atoms with Crippen LogP contribution in [0.15, 0.2) is 54.6 Å². The number of carbonyl (C=O) groups excluding carboxylic acids is 2. The van der Waals surface area contributed by atoms with Crippen molar-refractivity contribution in [2.45, 2.75) is 45.6 Å². The molecule has 0 aliphatic carbocycles. The van der Waals surface area contributed by atoms with Crippen LogP contribution in [0, 0.1) is 0 Å². The van der Waals surface area contributed by atoms with E-state index in [2.05, 4.69) is 26.1 Å². The van der Waals surface area contributed by atoms with E-state index in [1.54, 1.807) is 18.9 Å². The van der Waals surface area contributed by atoms with E-state index in [0.29, 0.717) is 18.7 Å². The van der Waals surface area contributed by atoms with Gasteiger partial charge in [-0.15, -0.1) is 0 Å². The van der Waals surface area contributed by atoms with Crippen LogP contribution in [0.4, 0.5) is 0 Å². The molecule has 0 aromatic heterocycles. The predicted octanol–water partition coefficient (Wildman–Crippen LogP) is 3.57. The maximum Gasteiger partial charge on any atom is 0.261 e. The largest absolute Gasteiger partial charge is 0.483 e. The molecule has 2 aromatic carbocycles. The Morgan fingerprint density at radius 2 is 1.66 bits per heavy atom. The number of benzene rings is 2. The van der Waals surface area contributed by atoms with Gasteiger partial charge in [0.25, 0.3) is 5.91 Å². The minimum atomic E-state index is -0.572. The highest BCUT2D eigenvalue weighted by atomic mass is 16.5. The smallest absolute Gasteiger partial charge is 0.261 e. The van der Waals surface area contributed by atoms with Crippen LogP contribution in [0.25, 0.3) is 0 Å². The Labute approximate surface area is 174 Å². The maximum absolute atomic E-state index is 13.0. The normalized spacial score (nSPS) is 12.2. The fourth-order valence-corrected chi connectivity index (χ4v) is 3.21. The molecule has 2 amide bonds. The zero-order valence-electron chi connectivity index (χ0n) is 18.1. The summed E-state index contributed by atoms with van der Waals surface area (Å²) in [6.07, 6.45) is 0.673. The minimum absolute atomic E-state index is 0.0952. The van der Waals surface area contributed by atoms with Crippen molar-refractivity contribution >= 4 is 11.8 Å². The lowest BCUT2D eigenvalue weighted by Gasteiger charge is -2.29. The van der Waals surface area contributed by atoms with Crippen molar-refractivity contribution in [1.82, 2.24) is 10.2 Å². The predicted molar refractivity (Wildman–Crippen MR) is 116 cm³/mol. The number of hydrogen-bond acceptors (Lipinski definition) is 3. The lowest BCUT2D eigenvalue weighted by atomic mass is 9.86. The second kappa shape index (κ2) is 10.1. The number of amides is 2. The zero-order chi connectivity index (χ0) is 21.4. The first-order valence-corrected chi connectivity index (χ1v) is 10.0. The Morgan fingerprint density at radius 1 is 1.03 bits per heavy atom. The number of nitrogens with zero attached hydrogens (tertiary/aromatic N) is 1. The minimum Gasteiger partial charge on any atom is -0.483 e. The average Bonchev–Trinajstić information content (AvgIpc) is 2.71. The summed E-state index contributed by atoms with van der Waals surface area (Å²) < 4.78 is 5.90. The van der Waals surface area contributed by atoms with Gasteiger partial charge >= 0.3 is 0 Å². The van der Waals surface area contributed by atoms with Crippen LogP contribution in [-0.2, 0) is 21.4 Å². The van der Waals surface area contributed by atoms with E-state index in [1.807, 2.05) is 54.6 Å². The molecule has 5 nitrogen and oxygen atoms in total. The van der Waals surface area contributed by atoms with Crippen LogP contribution in [-0.4, -0.2) is 43.0 Å². The Balaban J connectivity index is 2.12. The van der Waals surface area contributed by atoms with Gasteiger partial charge in [0, 0.05) is 13.6 Å². The number of para-hydroxylation sites is 1. The Hall–Kier alpha value is -2.82. The summed E-state index contributed by atoms with van der Waals surface area (Å²) in [7, 11) is 1.58. The molecule has 0 saturated carbocycles. The van der Waals surface area contributed by atoms with E-state index in [0.717, 1.165) is 11.1 Å². The fraction of sp³-hybridized carbons (Fsp3) is 0.417. The highest BCUT2D eigenvalue weighted by Gasteiger charge is 2.26. The lowest BCUT2D eigenvalue weighted by molar-refractivity contribution is -0.141. The highest BCUT2D eigenvalue weighted by molar-refractivity contribution is 5.87. The van der Waals surface area contributed by atoms with Gasteiger partial charge in [0.15, 0.2) is 6.61 Å². The monoisotopic (exact) mass is 396 g/mol. The van der Waals surface area contributed by atoms with Crippen molar-refractivity contribution in [2.24, 2.45) is 0 Å². The molecule has 29 heavy (non-hydrogen) atoms. The van der Waals surface area contributed by atoms with Crippen molar-refractivity contribution in [1.29, 1.82) is 0 Å². The Bertz CT molecular complexity index is 812. The van der Waals surface area contributed by atoms with Crippen LogP contribution in [0.1, 0.15) is 38.8 Å². The molecule has 0 aliphatic rings. The topological polar surface area (TPSA) is 58.6 Å². The third kappa shape index (κ3) is 6.34. The average molecular weight is 397 g/mol. The summed E-state index contributed by atoms with van der Waals surface area (Å²) in [4.78, 5) is 26.8. The summed E-state index contributed by atoms with van der Waals surface area (Å²) in [5.41, 5.74) is 2.07. The first-order chi connectivity index (χ1) is 13.7. The zero-order valence-corrected chi connectivity index (χ0v) is 18.1. The van der Waals surface area contributed by atoms with Gasteiger partial charge in [-0.25, -0.2) is 0 Å². The van der Waals surface area contributed by atoms with Crippen molar-refractivity contribution in [3.05, 3.63) is 65.7 Å². The summed E-state index contributed by atoms with van der Waals surface area (Å²) >= 11 is 0. The first-order valence-electron chi connectivity index (χ1n) is 10.0. The first kappa shape index (κ1) is 22.5. The van der Waals surface area contributed by atoms with Crippen molar-refractivity contribution in [3.8, 4) is 5.75 Å².